The lowest BCUT2D eigenvalue weighted by atomic mass is 10.1. The number of benzene rings is 2. The van der Waals surface area contributed by atoms with Crippen molar-refractivity contribution in [3.63, 3.8) is 0 Å². The minimum absolute atomic E-state index is 0.120. The molecule has 3 rings (SSSR count). The summed E-state index contributed by atoms with van der Waals surface area (Å²) in [6.07, 6.45) is 0. The number of carbonyl (C=O) groups is 2. The van der Waals surface area contributed by atoms with Gasteiger partial charge in [0.1, 0.15) is 17.0 Å². The molecule has 26 heavy (non-hydrogen) atoms. The average Bonchev–Trinajstić information content (AvgIpc) is 2.67. The molecule has 0 unspecified atom stereocenters. The van der Waals surface area contributed by atoms with Gasteiger partial charge in [0.25, 0.3) is 5.91 Å². The van der Waals surface area contributed by atoms with E-state index in [1.54, 1.807) is 12.1 Å². The number of thioether (sulfide) groups is 2. The van der Waals surface area contributed by atoms with Crippen LogP contribution in [0, 0.1) is 11.3 Å². The van der Waals surface area contributed by atoms with E-state index in [0.29, 0.717) is 9.99 Å². The van der Waals surface area contributed by atoms with Crippen molar-refractivity contribution in [2.45, 2.75) is 11.1 Å². The number of carboxylic acid groups (broad SMARTS) is 1. The summed E-state index contributed by atoms with van der Waals surface area (Å²) in [6, 6.07) is 18.2. The third-order valence-corrected chi connectivity index (χ3v) is 6.33. The van der Waals surface area contributed by atoms with Crippen LogP contribution in [0.5, 0.6) is 0 Å². The van der Waals surface area contributed by atoms with Crippen LogP contribution in [-0.2, 0) is 10.5 Å². The first kappa shape index (κ1) is 18.1. The molecule has 0 saturated heterocycles. The van der Waals surface area contributed by atoms with Crippen molar-refractivity contribution in [2.24, 2.45) is 0 Å². The Morgan fingerprint density at radius 2 is 1.88 bits per heavy atom. The lowest BCUT2D eigenvalue weighted by Crippen LogP contribution is -2.31. The maximum atomic E-state index is 12.3. The van der Waals surface area contributed by atoms with Crippen molar-refractivity contribution >= 4 is 35.4 Å². The van der Waals surface area contributed by atoms with Gasteiger partial charge in [-0.2, -0.15) is 5.26 Å². The zero-order valence-corrected chi connectivity index (χ0v) is 15.1. The van der Waals surface area contributed by atoms with E-state index in [0.717, 1.165) is 11.1 Å². The molecule has 1 aliphatic rings. The van der Waals surface area contributed by atoms with Crippen molar-refractivity contribution in [3.05, 3.63) is 81.1 Å². The van der Waals surface area contributed by atoms with Gasteiger partial charge < -0.3 is 10.4 Å². The van der Waals surface area contributed by atoms with Gasteiger partial charge in [-0.3, -0.25) is 4.79 Å². The fourth-order valence-corrected chi connectivity index (χ4v) is 4.80. The molecule has 7 heteroatoms. The molecule has 1 aliphatic heterocycles. The topological polar surface area (TPSA) is 90.2 Å². The highest BCUT2D eigenvalue weighted by Gasteiger charge is 2.29. The third kappa shape index (κ3) is 4.10. The van der Waals surface area contributed by atoms with Gasteiger partial charge in [0.2, 0.25) is 0 Å². The molecule has 2 aromatic rings. The molecular formula is C19H14N2O3S2. The number of nitrogens with one attached hydrogen (secondary N) is 1. The molecule has 0 spiro atoms. The monoisotopic (exact) mass is 382 g/mol. The molecule has 0 radical (unpaired) electrons. The Balaban J connectivity index is 1.79. The molecule has 1 amide bonds. The standard InChI is InChI=1S/C19H14N2O3S2/c20-10-15-16(22)21-17(13-6-8-14(9-7-13)18(23)24)26-19(15)25-11-12-4-2-1-3-5-12/h1-9,17H,11H2,(H,21,22)(H,23,24)/t17-/m1/s1. The number of hydrogen-bond acceptors (Lipinski definition) is 5. The average molecular weight is 382 g/mol. The summed E-state index contributed by atoms with van der Waals surface area (Å²) in [5.74, 6) is -0.747. The normalized spacial score (nSPS) is 16.7. The number of carbonyl (C=O) groups excluding carboxylic acids is 1. The first-order chi connectivity index (χ1) is 12.6. The Hall–Kier alpha value is -2.69. The number of rotatable bonds is 5. The minimum Gasteiger partial charge on any atom is -0.478 e. The van der Waals surface area contributed by atoms with Crippen molar-refractivity contribution in [3.8, 4) is 6.07 Å². The van der Waals surface area contributed by atoms with E-state index in [4.69, 9.17) is 5.11 Å². The van der Waals surface area contributed by atoms with Crippen molar-refractivity contribution in [1.82, 2.24) is 5.32 Å². The van der Waals surface area contributed by atoms with E-state index in [2.05, 4.69) is 5.32 Å². The molecular weight excluding hydrogens is 368 g/mol. The molecule has 130 valence electrons. The number of hydrogen-bond donors (Lipinski definition) is 2. The first-order valence-corrected chi connectivity index (χ1v) is 9.57. The smallest absolute Gasteiger partial charge is 0.335 e. The molecule has 5 nitrogen and oxygen atoms in total. The second kappa shape index (κ2) is 8.13. The summed E-state index contributed by atoms with van der Waals surface area (Å²) in [7, 11) is 0. The molecule has 0 aliphatic carbocycles. The van der Waals surface area contributed by atoms with Gasteiger partial charge in [0.15, 0.2) is 0 Å². The Bertz CT molecular complexity index is 903. The third-order valence-electron chi connectivity index (χ3n) is 3.70. The van der Waals surface area contributed by atoms with Gasteiger partial charge in [0.05, 0.1) is 9.80 Å². The quantitative estimate of drug-likeness (QED) is 0.815. The Morgan fingerprint density at radius 3 is 2.50 bits per heavy atom. The lowest BCUT2D eigenvalue weighted by molar-refractivity contribution is -0.117. The van der Waals surface area contributed by atoms with Crippen LogP contribution in [0.4, 0.5) is 0 Å². The Labute approximate surface area is 159 Å². The van der Waals surface area contributed by atoms with Crippen LogP contribution in [0.3, 0.4) is 0 Å². The largest absolute Gasteiger partial charge is 0.478 e. The highest BCUT2D eigenvalue weighted by Crippen LogP contribution is 2.44. The Morgan fingerprint density at radius 1 is 1.19 bits per heavy atom. The van der Waals surface area contributed by atoms with Crippen molar-refractivity contribution < 1.29 is 14.7 Å². The summed E-state index contributed by atoms with van der Waals surface area (Å²) in [4.78, 5) is 23.3. The van der Waals surface area contributed by atoms with Crippen molar-refractivity contribution in [2.75, 3.05) is 0 Å². The molecule has 2 N–H and O–H groups in total. The van der Waals surface area contributed by atoms with Crippen LogP contribution in [0.25, 0.3) is 0 Å². The molecule has 0 saturated carbocycles. The Kier molecular flexibility index (Phi) is 5.66. The number of amides is 1. The van der Waals surface area contributed by atoms with Gasteiger partial charge in [-0.15, -0.1) is 11.8 Å². The number of nitriles is 1. The molecule has 1 atom stereocenters. The van der Waals surface area contributed by atoms with Crippen LogP contribution in [-0.4, -0.2) is 17.0 Å². The summed E-state index contributed by atoms with van der Waals surface area (Å²) >= 11 is 2.85. The lowest BCUT2D eigenvalue weighted by Gasteiger charge is -2.25. The number of nitrogens with zero attached hydrogens (tertiary/aromatic N) is 1. The van der Waals surface area contributed by atoms with E-state index in [-0.39, 0.29) is 16.5 Å². The van der Waals surface area contributed by atoms with Gasteiger partial charge in [0, 0.05) is 5.75 Å². The van der Waals surface area contributed by atoms with Crippen LogP contribution in [0.2, 0.25) is 0 Å². The molecule has 0 aromatic heterocycles. The fourth-order valence-electron chi connectivity index (χ4n) is 2.36. The molecule has 1 heterocycles. The molecule has 2 aromatic carbocycles. The van der Waals surface area contributed by atoms with Crippen molar-refractivity contribution in [1.29, 1.82) is 5.26 Å². The van der Waals surface area contributed by atoms with E-state index >= 15 is 0 Å². The number of carboxylic acids is 1. The van der Waals surface area contributed by atoms with Crippen LogP contribution >= 0.6 is 23.5 Å². The minimum atomic E-state index is -0.998. The first-order valence-electron chi connectivity index (χ1n) is 7.70. The van der Waals surface area contributed by atoms with Gasteiger partial charge in [-0.05, 0) is 23.3 Å². The maximum absolute atomic E-state index is 12.3. The van der Waals surface area contributed by atoms with E-state index in [9.17, 15) is 14.9 Å². The summed E-state index contributed by atoms with van der Waals surface area (Å²) in [6.45, 7) is 0. The van der Waals surface area contributed by atoms with Crippen LogP contribution < -0.4 is 5.32 Å². The zero-order chi connectivity index (χ0) is 18.5. The van der Waals surface area contributed by atoms with Gasteiger partial charge >= 0.3 is 5.97 Å². The predicted molar refractivity (Wildman–Crippen MR) is 102 cm³/mol. The van der Waals surface area contributed by atoms with Crippen LogP contribution in [0.15, 0.2) is 64.4 Å². The zero-order valence-electron chi connectivity index (χ0n) is 13.5. The molecule has 0 bridgehead atoms. The highest BCUT2D eigenvalue weighted by atomic mass is 32.2. The maximum Gasteiger partial charge on any atom is 0.335 e. The van der Waals surface area contributed by atoms with E-state index in [1.807, 2.05) is 36.4 Å². The van der Waals surface area contributed by atoms with Crippen LogP contribution in [0.1, 0.15) is 26.9 Å². The van der Waals surface area contributed by atoms with E-state index in [1.165, 1.54) is 35.7 Å². The number of aromatic carboxylic acids is 1. The SMILES string of the molecule is N#CC1=C(SCc2ccccc2)S[C@H](c2ccc(C(=O)O)cc2)NC1=O. The fraction of sp³-hybridized carbons (Fsp3) is 0.105. The molecule has 0 fully saturated rings. The van der Waals surface area contributed by atoms with Gasteiger partial charge in [-0.1, -0.05) is 54.2 Å². The summed E-state index contributed by atoms with van der Waals surface area (Å²) in [5, 5.41) is 20.7. The second-order valence-electron chi connectivity index (χ2n) is 5.45. The summed E-state index contributed by atoms with van der Waals surface area (Å²) < 4.78 is 0.674. The second-order valence-corrected chi connectivity index (χ2v) is 7.81. The van der Waals surface area contributed by atoms with Gasteiger partial charge in [-0.25, -0.2) is 4.79 Å². The van der Waals surface area contributed by atoms with E-state index < -0.39 is 11.9 Å². The summed E-state index contributed by atoms with van der Waals surface area (Å²) in [5.41, 5.74) is 2.20. The predicted octanol–water partition coefficient (Wildman–Crippen LogP) is 3.91. The highest BCUT2D eigenvalue weighted by molar-refractivity contribution is 8.22.